The molecule has 0 heterocycles. The first-order valence-corrected chi connectivity index (χ1v) is 3.62. The molecule has 0 unspecified atom stereocenters. The summed E-state index contributed by atoms with van der Waals surface area (Å²) in [6, 6.07) is 0. The van der Waals surface area contributed by atoms with E-state index in [2.05, 4.69) is 25.9 Å². The maximum absolute atomic E-state index is 4.99. The van der Waals surface area contributed by atoms with E-state index in [0.717, 1.165) is 0 Å². The fourth-order valence-electron chi connectivity index (χ4n) is 0.310. The number of oxime groups is 1. The normalized spacial score (nSPS) is 13.0. The van der Waals surface area contributed by atoms with Crippen molar-refractivity contribution in [2.75, 3.05) is 0 Å². The van der Waals surface area contributed by atoms with Crippen LogP contribution in [0.5, 0.6) is 0 Å². The van der Waals surface area contributed by atoms with E-state index in [1.54, 1.807) is 0 Å². The van der Waals surface area contributed by atoms with Gasteiger partial charge in [-0.05, 0) is 13.8 Å². The molecule has 2 nitrogen and oxygen atoms in total. The zero-order valence-electron chi connectivity index (χ0n) is 7.51. The second-order valence-electron chi connectivity index (χ2n) is 3.75. The number of hydrogen-bond donors (Lipinski definition) is 0. The van der Waals surface area contributed by atoms with E-state index in [1.807, 2.05) is 20.1 Å². The summed E-state index contributed by atoms with van der Waals surface area (Å²) in [6.07, 6.45) is 1.99. The van der Waals surface area contributed by atoms with Crippen LogP contribution in [0.25, 0.3) is 0 Å². The molecule has 0 saturated carbocycles. The maximum atomic E-state index is 4.99. The van der Waals surface area contributed by atoms with Crippen molar-refractivity contribution >= 4 is 6.21 Å². The van der Waals surface area contributed by atoms with Gasteiger partial charge >= 0.3 is 0 Å². The van der Waals surface area contributed by atoms with Crippen molar-refractivity contribution < 1.29 is 4.84 Å². The Morgan fingerprint density at radius 3 is 2.10 bits per heavy atom. The van der Waals surface area contributed by atoms with Crippen LogP contribution in [-0.2, 0) is 4.84 Å². The molecule has 0 rings (SSSR count). The average molecular weight is 143 g/mol. The van der Waals surface area contributed by atoms with Gasteiger partial charge in [0.05, 0.1) is 0 Å². The van der Waals surface area contributed by atoms with Gasteiger partial charge in [0.1, 0.15) is 6.10 Å². The topological polar surface area (TPSA) is 21.6 Å². The van der Waals surface area contributed by atoms with E-state index >= 15 is 0 Å². The molecule has 0 aromatic rings. The van der Waals surface area contributed by atoms with E-state index in [4.69, 9.17) is 4.84 Å². The van der Waals surface area contributed by atoms with Crippen molar-refractivity contribution in [3.05, 3.63) is 0 Å². The van der Waals surface area contributed by atoms with Gasteiger partial charge in [0.2, 0.25) is 0 Å². The van der Waals surface area contributed by atoms with Gasteiger partial charge in [-0.25, -0.2) is 0 Å². The van der Waals surface area contributed by atoms with Crippen LogP contribution in [0.1, 0.15) is 34.6 Å². The van der Waals surface area contributed by atoms with Crippen LogP contribution in [0.2, 0.25) is 0 Å². The van der Waals surface area contributed by atoms with Crippen molar-refractivity contribution in [1.29, 1.82) is 0 Å². The number of hydrogen-bond acceptors (Lipinski definition) is 2. The Kier molecular flexibility index (Phi) is 3.40. The molecule has 0 bridgehead atoms. The summed E-state index contributed by atoms with van der Waals surface area (Å²) in [5, 5.41) is 3.82. The molecule has 0 aliphatic heterocycles. The summed E-state index contributed by atoms with van der Waals surface area (Å²) in [5.74, 6) is 0. The Morgan fingerprint density at radius 2 is 1.80 bits per heavy atom. The highest BCUT2D eigenvalue weighted by Crippen LogP contribution is 2.08. The van der Waals surface area contributed by atoms with E-state index in [1.165, 1.54) is 0 Å². The Morgan fingerprint density at radius 1 is 1.30 bits per heavy atom. The van der Waals surface area contributed by atoms with Crippen molar-refractivity contribution in [1.82, 2.24) is 0 Å². The highest BCUT2D eigenvalue weighted by atomic mass is 16.6. The molecule has 10 heavy (non-hydrogen) atoms. The summed E-state index contributed by atoms with van der Waals surface area (Å²) in [4.78, 5) is 4.99. The molecule has 0 aliphatic rings. The largest absolute Gasteiger partial charge is 0.393 e. The van der Waals surface area contributed by atoms with Gasteiger partial charge < -0.3 is 4.84 Å². The maximum Gasteiger partial charge on any atom is 0.121 e. The lowest BCUT2D eigenvalue weighted by Crippen LogP contribution is -2.07. The van der Waals surface area contributed by atoms with Crippen LogP contribution in [0.3, 0.4) is 0 Å². The predicted octanol–water partition coefficient (Wildman–Crippen LogP) is 2.44. The molecule has 0 N–H and O–H groups in total. The zero-order valence-corrected chi connectivity index (χ0v) is 7.51. The summed E-state index contributed by atoms with van der Waals surface area (Å²) < 4.78 is 0. The monoisotopic (exact) mass is 143 g/mol. The van der Waals surface area contributed by atoms with Crippen molar-refractivity contribution in [3.8, 4) is 0 Å². The smallest absolute Gasteiger partial charge is 0.121 e. The quantitative estimate of drug-likeness (QED) is 0.430. The van der Waals surface area contributed by atoms with Crippen LogP contribution in [0, 0.1) is 5.41 Å². The van der Waals surface area contributed by atoms with Crippen LogP contribution < -0.4 is 0 Å². The molecule has 0 atom stereocenters. The van der Waals surface area contributed by atoms with Crippen molar-refractivity contribution in [2.24, 2.45) is 10.6 Å². The fraction of sp³-hybridized carbons (Fsp3) is 0.875. The zero-order chi connectivity index (χ0) is 8.20. The predicted molar refractivity (Wildman–Crippen MR) is 44.2 cm³/mol. The third-order valence-electron chi connectivity index (χ3n) is 0.712. The SMILES string of the molecule is CC(C)O/N=C/C(C)(C)C. The molecule has 0 spiro atoms. The summed E-state index contributed by atoms with van der Waals surface area (Å²) in [5.41, 5.74) is 0.120. The summed E-state index contributed by atoms with van der Waals surface area (Å²) in [6.45, 7) is 10.2. The van der Waals surface area contributed by atoms with Crippen molar-refractivity contribution in [2.45, 2.75) is 40.7 Å². The first kappa shape index (κ1) is 9.47. The van der Waals surface area contributed by atoms with E-state index < -0.39 is 0 Å². The molecule has 0 amide bonds. The molecular formula is C8H17NO. The van der Waals surface area contributed by atoms with Crippen molar-refractivity contribution in [3.63, 3.8) is 0 Å². The van der Waals surface area contributed by atoms with E-state index in [0.29, 0.717) is 0 Å². The lowest BCUT2D eigenvalue weighted by Gasteiger charge is -2.10. The van der Waals surface area contributed by atoms with Gasteiger partial charge in [-0.3, -0.25) is 0 Å². The molecular weight excluding hydrogens is 126 g/mol. The number of nitrogens with zero attached hydrogens (tertiary/aromatic N) is 1. The van der Waals surface area contributed by atoms with Crippen LogP contribution >= 0.6 is 0 Å². The molecule has 2 heteroatoms. The van der Waals surface area contributed by atoms with Gasteiger partial charge in [-0.1, -0.05) is 25.9 Å². The average Bonchev–Trinajstić information content (AvgIpc) is 1.59. The third kappa shape index (κ3) is 7.47. The van der Waals surface area contributed by atoms with Crippen LogP contribution in [0.15, 0.2) is 5.16 Å². The van der Waals surface area contributed by atoms with Crippen LogP contribution in [0.4, 0.5) is 0 Å². The minimum absolute atomic E-state index is 0.120. The lowest BCUT2D eigenvalue weighted by molar-refractivity contribution is 0.0855. The van der Waals surface area contributed by atoms with Gasteiger partial charge in [-0.2, -0.15) is 0 Å². The molecule has 0 radical (unpaired) electrons. The van der Waals surface area contributed by atoms with Gasteiger partial charge in [-0.15, -0.1) is 0 Å². The minimum atomic E-state index is 0.120. The second kappa shape index (κ2) is 3.59. The van der Waals surface area contributed by atoms with Crippen LogP contribution in [-0.4, -0.2) is 12.3 Å². The first-order valence-electron chi connectivity index (χ1n) is 3.62. The minimum Gasteiger partial charge on any atom is -0.393 e. The Balaban J connectivity index is 3.57. The van der Waals surface area contributed by atoms with E-state index in [-0.39, 0.29) is 11.5 Å². The molecule has 0 aromatic heterocycles. The highest BCUT2D eigenvalue weighted by molar-refractivity contribution is 5.63. The molecule has 0 aromatic carbocycles. The molecule has 60 valence electrons. The summed E-state index contributed by atoms with van der Waals surface area (Å²) >= 11 is 0. The lowest BCUT2D eigenvalue weighted by atomic mass is 10.00. The number of rotatable bonds is 2. The first-order chi connectivity index (χ1) is 4.42. The highest BCUT2D eigenvalue weighted by Gasteiger charge is 2.05. The molecule has 0 aliphatic carbocycles. The standard InChI is InChI=1S/C8H17NO/c1-7(2)10-9-6-8(3,4)5/h6-7H,1-5H3/b9-6+. The molecule has 0 saturated heterocycles. The van der Waals surface area contributed by atoms with Gasteiger partial charge in [0, 0.05) is 11.6 Å². The third-order valence-corrected chi connectivity index (χ3v) is 0.712. The second-order valence-corrected chi connectivity index (χ2v) is 3.75. The van der Waals surface area contributed by atoms with E-state index in [9.17, 15) is 0 Å². The fourth-order valence-corrected chi connectivity index (χ4v) is 0.310. The molecule has 0 fully saturated rings. The Bertz CT molecular complexity index is 111. The summed E-state index contributed by atoms with van der Waals surface area (Å²) in [7, 11) is 0. The van der Waals surface area contributed by atoms with Gasteiger partial charge in [0.15, 0.2) is 0 Å². The van der Waals surface area contributed by atoms with Gasteiger partial charge in [0.25, 0.3) is 0 Å². The Hall–Kier alpha value is -0.530. The Labute approximate surface area is 63.3 Å².